The molecule has 17 heavy (non-hydrogen) atoms. The Labute approximate surface area is 100 Å². The van der Waals surface area contributed by atoms with Crippen molar-refractivity contribution < 1.29 is 0 Å². The van der Waals surface area contributed by atoms with Crippen LogP contribution in [0.4, 0.5) is 0 Å². The van der Waals surface area contributed by atoms with Crippen molar-refractivity contribution in [3.05, 3.63) is 36.4 Å². The van der Waals surface area contributed by atoms with Crippen LogP contribution < -0.4 is 11.3 Å². The Morgan fingerprint density at radius 2 is 2.35 bits per heavy atom. The van der Waals surface area contributed by atoms with E-state index in [1.807, 2.05) is 30.2 Å². The summed E-state index contributed by atoms with van der Waals surface area (Å²) in [6, 6.07) is 0.0233. The van der Waals surface area contributed by atoms with E-state index >= 15 is 0 Å². The number of nitrogens with zero attached hydrogens (tertiary/aromatic N) is 4. The fourth-order valence-corrected chi connectivity index (χ4v) is 1.95. The molecule has 0 amide bonds. The largest absolute Gasteiger partial charge is 0.336 e. The van der Waals surface area contributed by atoms with Gasteiger partial charge >= 0.3 is 0 Å². The zero-order valence-electron chi connectivity index (χ0n) is 10.2. The molecule has 2 rings (SSSR count). The van der Waals surface area contributed by atoms with Crippen LogP contribution in [0.15, 0.2) is 24.9 Å². The second-order valence-electron chi connectivity index (χ2n) is 3.98. The zero-order valence-corrected chi connectivity index (χ0v) is 10.2. The third kappa shape index (κ3) is 2.37. The fraction of sp³-hybridized carbons (Fsp3) is 0.455. The maximum atomic E-state index is 5.61. The second kappa shape index (κ2) is 5.11. The molecule has 2 aromatic heterocycles. The molecule has 3 N–H and O–H groups in total. The van der Waals surface area contributed by atoms with E-state index in [9.17, 15) is 0 Å². The Morgan fingerprint density at radius 3 is 2.94 bits per heavy atom. The summed E-state index contributed by atoms with van der Waals surface area (Å²) in [6.07, 6.45) is 8.13. The molecular weight excluding hydrogens is 216 g/mol. The van der Waals surface area contributed by atoms with Gasteiger partial charge in [0, 0.05) is 38.6 Å². The molecule has 2 heterocycles. The summed E-state index contributed by atoms with van der Waals surface area (Å²) in [5, 5.41) is 0. The summed E-state index contributed by atoms with van der Waals surface area (Å²) in [5.74, 6) is 6.64. The number of hydrogen-bond donors (Lipinski definition) is 2. The van der Waals surface area contributed by atoms with Crippen molar-refractivity contribution in [3.8, 4) is 0 Å². The Balaban J connectivity index is 2.19. The molecule has 0 bridgehead atoms. The first-order valence-electron chi connectivity index (χ1n) is 5.68. The van der Waals surface area contributed by atoms with E-state index in [-0.39, 0.29) is 6.04 Å². The van der Waals surface area contributed by atoms with Gasteiger partial charge in [-0.05, 0) is 6.92 Å². The number of rotatable bonds is 5. The molecule has 0 aliphatic heterocycles. The van der Waals surface area contributed by atoms with Crippen LogP contribution in [0, 0.1) is 0 Å². The van der Waals surface area contributed by atoms with Crippen molar-refractivity contribution in [3.63, 3.8) is 0 Å². The monoisotopic (exact) mass is 234 g/mol. The summed E-state index contributed by atoms with van der Waals surface area (Å²) >= 11 is 0. The predicted molar refractivity (Wildman–Crippen MR) is 64.9 cm³/mol. The molecule has 1 unspecified atom stereocenters. The van der Waals surface area contributed by atoms with Crippen LogP contribution in [0.2, 0.25) is 0 Å². The molecule has 6 nitrogen and oxygen atoms in total. The average molecular weight is 234 g/mol. The molecule has 0 aliphatic carbocycles. The SMILES string of the molecule is CCn1ccnc1CC(NN)c1cncn1C. The van der Waals surface area contributed by atoms with Gasteiger partial charge in [-0.1, -0.05) is 0 Å². The minimum Gasteiger partial charge on any atom is -0.336 e. The molecule has 92 valence electrons. The van der Waals surface area contributed by atoms with Gasteiger partial charge in [0.05, 0.1) is 18.1 Å². The number of aromatic nitrogens is 4. The van der Waals surface area contributed by atoms with Crippen LogP contribution in [-0.4, -0.2) is 19.1 Å². The maximum absolute atomic E-state index is 5.61. The van der Waals surface area contributed by atoms with Gasteiger partial charge in [0.15, 0.2) is 0 Å². The number of nitrogens with one attached hydrogen (secondary N) is 1. The molecule has 0 spiro atoms. The number of aryl methyl sites for hydroxylation is 2. The Morgan fingerprint density at radius 1 is 1.53 bits per heavy atom. The van der Waals surface area contributed by atoms with E-state index in [0.29, 0.717) is 0 Å². The van der Waals surface area contributed by atoms with Crippen LogP contribution in [-0.2, 0) is 20.0 Å². The van der Waals surface area contributed by atoms with E-state index < -0.39 is 0 Å². The lowest BCUT2D eigenvalue weighted by Crippen LogP contribution is -2.31. The van der Waals surface area contributed by atoms with Gasteiger partial charge in [-0.2, -0.15) is 0 Å². The first kappa shape index (κ1) is 11.8. The van der Waals surface area contributed by atoms with E-state index in [1.165, 1.54) is 0 Å². The van der Waals surface area contributed by atoms with Crippen molar-refractivity contribution in [1.29, 1.82) is 0 Å². The smallest absolute Gasteiger partial charge is 0.110 e. The van der Waals surface area contributed by atoms with Crippen LogP contribution in [0.25, 0.3) is 0 Å². The van der Waals surface area contributed by atoms with Crippen molar-refractivity contribution in [2.45, 2.75) is 25.9 Å². The highest BCUT2D eigenvalue weighted by atomic mass is 15.3. The van der Waals surface area contributed by atoms with Crippen LogP contribution in [0.5, 0.6) is 0 Å². The standard InChI is InChI=1S/C11H18N6/c1-3-17-5-4-14-11(17)6-9(15-12)10-7-13-8-16(10)2/h4-5,7-9,15H,3,6,12H2,1-2H3. The van der Waals surface area contributed by atoms with E-state index in [1.54, 1.807) is 6.33 Å². The molecular formula is C11H18N6. The number of hydrazine groups is 1. The molecule has 0 saturated carbocycles. The van der Waals surface area contributed by atoms with E-state index in [4.69, 9.17) is 5.84 Å². The summed E-state index contributed by atoms with van der Waals surface area (Å²) in [5.41, 5.74) is 3.87. The van der Waals surface area contributed by atoms with Crippen LogP contribution in [0.1, 0.15) is 24.5 Å². The van der Waals surface area contributed by atoms with Crippen molar-refractivity contribution in [2.24, 2.45) is 12.9 Å². The third-order valence-corrected chi connectivity index (χ3v) is 2.94. The fourth-order valence-electron chi connectivity index (χ4n) is 1.95. The topological polar surface area (TPSA) is 73.7 Å². The minimum absolute atomic E-state index is 0.0233. The normalized spacial score (nSPS) is 12.9. The lowest BCUT2D eigenvalue weighted by molar-refractivity contribution is 0.499. The van der Waals surface area contributed by atoms with Crippen LogP contribution >= 0.6 is 0 Å². The Hall–Kier alpha value is -1.66. The highest BCUT2D eigenvalue weighted by Crippen LogP contribution is 2.15. The van der Waals surface area contributed by atoms with Crippen LogP contribution in [0.3, 0.4) is 0 Å². The molecule has 0 saturated heterocycles. The summed E-state index contributed by atoms with van der Waals surface area (Å²) in [4.78, 5) is 8.45. The lowest BCUT2D eigenvalue weighted by atomic mass is 10.1. The first-order valence-corrected chi connectivity index (χ1v) is 5.68. The highest BCUT2D eigenvalue weighted by molar-refractivity contribution is 5.08. The van der Waals surface area contributed by atoms with E-state index in [0.717, 1.165) is 24.5 Å². The Kier molecular flexibility index (Phi) is 3.55. The molecule has 2 aromatic rings. The first-order chi connectivity index (χ1) is 8.26. The van der Waals surface area contributed by atoms with Crippen molar-refractivity contribution in [2.75, 3.05) is 0 Å². The Bertz CT molecular complexity index is 472. The quantitative estimate of drug-likeness (QED) is 0.579. The molecule has 0 aromatic carbocycles. The van der Waals surface area contributed by atoms with Crippen molar-refractivity contribution in [1.82, 2.24) is 24.5 Å². The zero-order chi connectivity index (χ0) is 12.3. The second-order valence-corrected chi connectivity index (χ2v) is 3.98. The molecule has 6 heteroatoms. The summed E-state index contributed by atoms with van der Waals surface area (Å²) in [6.45, 7) is 3.01. The maximum Gasteiger partial charge on any atom is 0.110 e. The predicted octanol–water partition coefficient (Wildman–Crippen LogP) is 0.384. The number of hydrogen-bond acceptors (Lipinski definition) is 4. The average Bonchev–Trinajstić information content (AvgIpc) is 2.94. The molecule has 0 aliphatic rings. The van der Waals surface area contributed by atoms with Gasteiger partial charge in [0.1, 0.15) is 5.82 Å². The van der Waals surface area contributed by atoms with Gasteiger partial charge in [-0.3, -0.25) is 11.3 Å². The van der Waals surface area contributed by atoms with Gasteiger partial charge in [-0.25, -0.2) is 9.97 Å². The van der Waals surface area contributed by atoms with Gasteiger partial charge in [-0.15, -0.1) is 0 Å². The molecule has 0 fully saturated rings. The summed E-state index contributed by atoms with van der Waals surface area (Å²) < 4.78 is 4.07. The van der Waals surface area contributed by atoms with E-state index in [2.05, 4.69) is 26.9 Å². The minimum atomic E-state index is 0.0233. The summed E-state index contributed by atoms with van der Waals surface area (Å²) in [7, 11) is 1.96. The van der Waals surface area contributed by atoms with Gasteiger partial charge < -0.3 is 9.13 Å². The lowest BCUT2D eigenvalue weighted by Gasteiger charge is -2.16. The van der Waals surface area contributed by atoms with Crippen molar-refractivity contribution >= 4 is 0 Å². The molecule has 1 atom stereocenters. The third-order valence-electron chi connectivity index (χ3n) is 2.94. The van der Waals surface area contributed by atoms with Gasteiger partial charge in [0.2, 0.25) is 0 Å². The van der Waals surface area contributed by atoms with Gasteiger partial charge in [0.25, 0.3) is 0 Å². The number of nitrogens with two attached hydrogens (primary N) is 1. The highest BCUT2D eigenvalue weighted by Gasteiger charge is 2.16. The number of imidazole rings is 2. The molecule has 0 radical (unpaired) electrons.